The maximum atomic E-state index is 12.4. The fourth-order valence-electron chi connectivity index (χ4n) is 2.78. The van der Waals surface area contributed by atoms with Crippen molar-refractivity contribution >= 4 is 17.8 Å². The number of ether oxygens (including phenoxy) is 2. The molecule has 1 aromatic carbocycles. The van der Waals surface area contributed by atoms with Gasteiger partial charge in [-0.25, -0.2) is 0 Å². The number of piperazine rings is 1. The molecule has 1 amide bonds. The molecule has 1 fully saturated rings. The summed E-state index contributed by atoms with van der Waals surface area (Å²) < 4.78 is 10.4. The Kier molecular flexibility index (Phi) is 6.76. The van der Waals surface area contributed by atoms with Crippen LogP contribution in [0.2, 0.25) is 0 Å². The number of hydrogen-bond donors (Lipinski definition) is 0. The maximum absolute atomic E-state index is 12.4. The van der Waals surface area contributed by atoms with Crippen molar-refractivity contribution in [2.75, 3.05) is 51.4 Å². The Balaban J connectivity index is 1.48. The second kappa shape index (κ2) is 9.68. The first-order chi connectivity index (χ1) is 13.3. The molecular weight excluding hydrogens is 344 g/mol. The number of carbonyl (C=O) groups excluding carboxylic acids is 1. The summed E-state index contributed by atoms with van der Waals surface area (Å²) in [6, 6.07) is 13.5. The molecule has 0 N–H and O–H groups in total. The smallest absolute Gasteiger partial charge is 0.246 e. The number of carbonyl (C=O) groups is 1. The fraction of sp³-hybridized carbons (Fsp3) is 0.350. The van der Waals surface area contributed by atoms with Gasteiger partial charge in [0, 0.05) is 45.4 Å². The lowest BCUT2D eigenvalue weighted by atomic mass is 10.2. The third-order valence-corrected chi connectivity index (χ3v) is 4.30. The molecule has 142 valence electrons. The lowest BCUT2D eigenvalue weighted by Crippen LogP contribution is -2.48. The zero-order valence-corrected chi connectivity index (χ0v) is 15.5. The van der Waals surface area contributed by atoms with Crippen molar-refractivity contribution in [2.45, 2.75) is 0 Å². The summed E-state index contributed by atoms with van der Waals surface area (Å²) in [5.41, 5.74) is 1.02. The number of nitrogens with zero attached hydrogens (tertiary/aromatic N) is 4. The Labute approximate surface area is 159 Å². The lowest BCUT2D eigenvalue weighted by molar-refractivity contribution is -0.126. The minimum atomic E-state index is 0.0338. The van der Waals surface area contributed by atoms with E-state index in [1.54, 1.807) is 19.3 Å². The average molecular weight is 368 g/mol. The number of aromatic nitrogens is 2. The van der Waals surface area contributed by atoms with Crippen molar-refractivity contribution in [3.8, 4) is 5.88 Å². The van der Waals surface area contributed by atoms with E-state index in [2.05, 4.69) is 15.1 Å². The van der Waals surface area contributed by atoms with Crippen LogP contribution in [0.1, 0.15) is 5.56 Å². The van der Waals surface area contributed by atoms with Gasteiger partial charge in [0.05, 0.1) is 6.61 Å². The number of benzene rings is 1. The molecule has 7 nitrogen and oxygen atoms in total. The summed E-state index contributed by atoms with van der Waals surface area (Å²) in [5.74, 6) is 1.31. The molecule has 0 atom stereocenters. The van der Waals surface area contributed by atoms with Crippen molar-refractivity contribution in [1.29, 1.82) is 0 Å². The van der Waals surface area contributed by atoms with Crippen LogP contribution in [0.25, 0.3) is 6.08 Å². The number of methoxy groups -OCH3 is 1. The van der Waals surface area contributed by atoms with E-state index in [0.29, 0.717) is 32.2 Å². The normalized spacial score (nSPS) is 14.6. The molecule has 2 heterocycles. The Morgan fingerprint density at radius 3 is 2.48 bits per heavy atom. The van der Waals surface area contributed by atoms with Gasteiger partial charge in [-0.2, -0.15) is 0 Å². The van der Waals surface area contributed by atoms with Crippen molar-refractivity contribution in [3.63, 3.8) is 0 Å². The molecular formula is C20H24N4O3. The van der Waals surface area contributed by atoms with Crippen molar-refractivity contribution in [3.05, 3.63) is 54.1 Å². The third-order valence-electron chi connectivity index (χ3n) is 4.30. The standard InChI is InChI=1S/C20H24N4O3/c1-26-15-16-27-19-9-8-18(21-22-19)23-11-13-24(14-12-23)20(25)10-7-17-5-3-2-4-6-17/h2-10H,11-16H2,1H3/b10-7+. The average Bonchev–Trinajstić information content (AvgIpc) is 2.74. The summed E-state index contributed by atoms with van der Waals surface area (Å²) in [6.45, 7) is 3.73. The maximum Gasteiger partial charge on any atom is 0.246 e. The molecule has 1 aliphatic heterocycles. The second-order valence-corrected chi connectivity index (χ2v) is 6.13. The molecule has 3 rings (SSSR count). The summed E-state index contributed by atoms with van der Waals surface area (Å²) in [7, 11) is 1.62. The van der Waals surface area contributed by atoms with Gasteiger partial charge in [-0.1, -0.05) is 30.3 Å². The molecule has 7 heteroatoms. The van der Waals surface area contributed by atoms with Crippen LogP contribution in [0.5, 0.6) is 5.88 Å². The van der Waals surface area contributed by atoms with Gasteiger partial charge in [0.15, 0.2) is 5.82 Å². The van der Waals surface area contributed by atoms with Crippen LogP contribution >= 0.6 is 0 Å². The van der Waals surface area contributed by atoms with Gasteiger partial charge in [-0.3, -0.25) is 4.79 Å². The predicted molar refractivity (Wildman–Crippen MR) is 104 cm³/mol. The number of anilines is 1. The molecule has 27 heavy (non-hydrogen) atoms. The Morgan fingerprint density at radius 1 is 1.04 bits per heavy atom. The van der Waals surface area contributed by atoms with E-state index < -0.39 is 0 Å². The van der Waals surface area contributed by atoms with E-state index in [9.17, 15) is 4.79 Å². The van der Waals surface area contributed by atoms with Gasteiger partial charge in [-0.15, -0.1) is 10.2 Å². The quantitative estimate of drug-likeness (QED) is 0.549. The largest absolute Gasteiger partial charge is 0.474 e. The van der Waals surface area contributed by atoms with Crippen LogP contribution in [0.15, 0.2) is 48.5 Å². The molecule has 2 aromatic rings. The van der Waals surface area contributed by atoms with Crippen LogP contribution in [0.4, 0.5) is 5.82 Å². The highest BCUT2D eigenvalue weighted by Crippen LogP contribution is 2.15. The predicted octanol–water partition coefficient (Wildman–Crippen LogP) is 1.86. The second-order valence-electron chi connectivity index (χ2n) is 6.13. The van der Waals surface area contributed by atoms with E-state index in [0.717, 1.165) is 24.5 Å². The van der Waals surface area contributed by atoms with Crippen LogP contribution in [0, 0.1) is 0 Å². The molecule has 0 bridgehead atoms. The first-order valence-corrected chi connectivity index (χ1v) is 8.99. The highest BCUT2D eigenvalue weighted by atomic mass is 16.5. The molecule has 1 aromatic heterocycles. The van der Waals surface area contributed by atoms with E-state index in [4.69, 9.17) is 9.47 Å². The zero-order chi connectivity index (χ0) is 18.9. The summed E-state index contributed by atoms with van der Waals surface area (Å²) in [6.07, 6.45) is 3.49. The van der Waals surface area contributed by atoms with Gasteiger partial charge < -0.3 is 19.3 Å². The Bertz CT molecular complexity index is 742. The molecule has 0 spiro atoms. The van der Waals surface area contributed by atoms with Gasteiger partial charge in [0.2, 0.25) is 11.8 Å². The fourth-order valence-corrected chi connectivity index (χ4v) is 2.78. The van der Waals surface area contributed by atoms with E-state index in [1.165, 1.54) is 0 Å². The van der Waals surface area contributed by atoms with Gasteiger partial charge in [0.1, 0.15) is 6.61 Å². The topological polar surface area (TPSA) is 67.8 Å². The highest BCUT2D eigenvalue weighted by molar-refractivity contribution is 5.91. The first kappa shape index (κ1) is 18.8. The Hall–Kier alpha value is -2.93. The number of amides is 1. The third kappa shape index (κ3) is 5.52. The van der Waals surface area contributed by atoms with E-state index >= 15 is 0 Å². The van der Waals surface area contributed by atoms with Gasteiger partial charge in [-0.05, 0) is 17.7 Å². The molecule has 1 saturated heterocycles. The van der Waals surface area contributed by atoms with Crippen LogP contribution in [0.3, 0.4) is 0 Å². The van der Waals surface area contributed by atoms with E-state index in [-0.39, 0.29) is 5.91 Å². The van der Waals surface area contributed by atoms with Gasteiger partial charge in [0.25, 0.3) is 0 Å². The molecule has 1 aliphatic rings. The first-order valence-electron chi connectivity index (χ1n) is 8.99. The number of rotatable bonds is 7. The monoisotopic (exact) mass is 368 g/mol. The van der Waals surface area contributed by atoms with E-state index in [1.807, 2.05) is 47.4 Å². The summed E-state index contributed by atoms with van der Waals surface area (Å²) in [5, 5.41) is 8.30. The lowest BCUT2D eigenvalue weighted by Gasteiger charge is -2.34. The minimum Gasteiger partial charge on any atom is -0.474 e. The molecule has 0 radical (unpaired) electrons. The Morgan fingerprint density at radius 2 is 1.81 bits per heavy atom. The van der Waals surface area contributed by atoms with Crippen LogP contribution < -0.4 is 9.64 Å². The van der Waals surface area contributed by atoms with Crippen LogP contribution in [-0.2, 0) is 9.53 Å². The molecule has 0 unspecified atom stereocenters. The SMILES string of the molecule is COCCOc1ccc(N2CCN(C(=O)/C=C/c3ccccc3)CC2)nn1. The van der Waals surface area contributed by atoms with Crippen LogP contribution in [-0.4, -0.2) is 67.5 Å². The zero-order valence-electron chi connectivity index (χ0n) is 15.5. The van der Waals surface area contributed by atoms with Crippen molar-refractivity contribution < 1.29 is 14.3 Å². The molecule has 0 aliphatic carbocycles. The van der Waals surface area contributed by atoms with Gasteiger partial charge >= 0.3 is 0 Å². The van der Waals surface area contributed by atoms with Crippen molar-refractivity contribution in [1.82, 2.24) is 15.1 Å². The minimum absolute atomic E-state index is 0.0338. The summed E-state index contributed by atoms with van der Waals surface area (Å²) >= 11 is 0. The molecule has 0 saturated carbocycles. The highest BCUT2D eigenvalue weighted by Gasteiger charge is 2.20. The summed E-state index contributed by atoms with van der Waals surface area (Å²) in [4.78, 5) is 16.3. The number of hydrogen-bond acceptors (Lipinski definition) is 6. The van der Waals surface area contributed by atoms with Crippen molar-refractivity contribution in [2.24, 2.45) is 0 Å².